The highest BCUT2D eigenvalue weighted by molar-refractivity contribution is 5.75. The van der Waals surface area contributed by atoms with Gasteiger partial charge in [-0.3, -0.25) is 14.3 Å². The van der Waals surface area contributed by atoms with Gasteiger partial charge in [0.25, 0.3) is 5.56 Å². The Kier molecular flexibility index (Phi) is 5.13. The summed E-state index contributed by atoms with van der Waals surface area (Å²) in [5.74, 6) is 0. The van der Waals surface area contributed by atoms with Gasteiger partial charge < -0.3 is 0 Å². The lowest BCUT2D eigenvalue weighted by atomic mass is 10.00. The summed E-state index contributed by atoms with van der Waals surface area (Å²) < 4.78 is 1.61. The van der Waals surface area contributed by atoms with Crippen molar-refractivity contribution in [3.63, 3.8) is 0 Å². The fourth-order valence-electron chi connectivity index (χ4n) is 3.14. The van der Waals surface area contributed by atoms with Crippen molar-refractivity contribution >= 4 is 12.2 Å². The molecular weight excluding hydrogens is 358 g/mol. The van der Waals surface area contributed by atoms with E-state index in [-0.39, 0.29) is 5.56 Å². The van der Waals surface area contributed by atoms with Crippen molar-refractivity contribution in [2.24, 2.45) is 0 Å². The first kappa shape index (κ1) is 18.1. The number of rotatable bonds is 4. The van der Waals surface area contributed by atoms with Gasteiger partial charge in [0.2, 0.25) is 0 Å². The van der Waals surface area contributed by atoms with Crippen LogP contribution in [0.15, 0.2) is 96.1 Å². The van der Waals surface area contributed by atoms with Crippen LogP contribution < -0.4 is 5.56 Å². The quantitative estimate of drug-likeness (QED) is 0.507. The number of nitriles is 1. The number of aromatic nitrogens is 2. The third-order valence-corrected chi connectivity index (χ3v) is 4.54. The fourth-order valence-corrected chi connectivity index (χ4v) is 3.14. The molecule has 0 bridgehead atoms. The molecule has 29 heavy (non-hydrogen) atoms. The summed E-state index contributed by atoms with van der Waals surface area (Å²) in [6.07, 6.45) is 7.35. The smallest absolute Gasteiger partial charge is 0.263 e. The Balaban J connectivity index is 1.92. The number of para-hydroxylation sites is 1. The molecule has 138 valence electrons. The van der Waals surface area contributed by atoms with Crippen molar-refractivity contribution in [2.45, 2.75) is 0 Å². The average Bonchev–Trinajstić information content (AvgIpc) is 2.79. The molecule has 0 N–H and O–H groups in total. The molecule has 0 aliphatic rings. The molecule has 2 heterocycles. The molecule has 0 amide bonds. The zero-order valence-electron chi connectivity index (χ0n) is 15.6. The molecule has 0 saturated carbocycles. The van der Waals surface area contributed by atoms with Crippen LogP contribution in [-0.2, 0) is 0 Å². The molecular formula is C25H17N3O. The van der Waals surface area contributed by atoms with Gasteiger partial charge in [-0.1, -0.05) is 48.5 Å². The average molecular weight is 375 g/mol. The van der Waals surface area contributed by atoms with Crippen LogP contribution in [0, 0.1) is 11.3 Å². The molecule has 0 atom stereocenters. The highest BCUT2D eigenvalue weighted by Gasteiger charge is 2.12. The van der Waals surface area contributed by atoms with Crippen LogP contribution in [0.4, 0.5) is 0 Å². The van der Waals surface area contributed by atoms with Gasteiger partial charge in [-0.25, -0.2) is 0 Å². The molecule has 4 heteroatoms. The molecule has 0 aliphatic carbocycles. The number of pyridine rings is 2. The maximum Gasteiger partial charge on any atom is 0.263 e. The molecule has 0 spiro atoms. The highest BCUT2D eigenvalue weighted by Crippen LogP contribution is 2.23. The Hall–Kier alpha value is -4.23. The summed E-state index contributed by atoms with van der Waals surface area (Å²) in [6.45, 7) is 0. The third kappa shape index (κ3) is 3.90. The number of nitrogens with zero attached hydrogens (tertiary/aromatic N) is 3. The first-order valence-corrected chi connectivity index (χ1v) is 9.17. The summed E-state index contributed by atoms with van der Waals surface area (Å²) >= 11 is 0. The monoisotopic (exact) mass is 375 g/mol. The number of hydrogen-bond acceptors (Lipinski definition) is 3. The molecule has 0 radical (unpaired) electrons. The van der Waals surface area contributed by atoms with E-state index < -0.39 is 0 Å². The van der Waals surface area contributed by atoms with E-state index in [9.17, 15) is 10.1 Å². The lowest BCUT2D eigenvalue weighted by Gasteiger charge is -2.11. The second-order valence-corrected chi connectivity index (χ2v) is 6.44. The molecule has 0 saturated heterocycles. The predicted octanol–water partition coefficient (Wildman–Crippen LogP) is 4.94. The Labute approximate surface area is 168 Å². The Morgan fingerprint density at radius 1 is 0.862 bits per heavy atom. The molecule has 4 rings (SSSR count). The lowest BCUT2D eigenvalue weighted by Crippen LogP contribution is -2.20. The Morgan fingerprint density at radius 2 is 1.62 bits per heavy atom. The normalized spacial score (nSPS) is 10.7. The van der Waals surface area contributed by atoms with Gasteiger partial charge in [0.15, 0.2) is 0 Å². The van der Waals surface area contributed by atoms with E-state index in [0.717, 1.165) is 16.9 Å². The van der Waals surface area contributed by atoms with Crippen LogP contribution in [-0.4, -0.2) is 9.55 Å². The molecule has 0 aliphatic heterocycles. The van der Waals surface area contributed by atoms with Gasteiger partial charge in [-0.2, -0.15) is 5.26 Å². The fraction of sp³-hybridized carbons (Fsp3) is 0. The standard InChI is InChI=1S/C25H17N3O/c26-17-20-8-4-5-12-23(20)24-16-19(13-14-21-9-6-7-15-27-21)18-28(25(24)29)22-10-2-1-3-11-22/h1-16,18H/b14-13+. The van der Waals surface area contributed by atoms with Gasteiger partial charge in [-0.05, 0) is 48.0 Å². The molecule has 2 aromatic carbocycles. The predicted molar refractivity (Wildman–Crippen MR) is 115 cm³/mol. The van der Waals surface area contributed by atoms with Crippen molar-refractivity contribution < 1.29 is 0 Å². The minimum absolute atomic E-state index is 0.172. The first-order valence-electron chi connectivity index (χ1n) is 9.17. The summed E-state index contributed by atoms with van der Waals surface area (Å²) in [6, 6.07) is 26.3. The molecule has 0 unspecified atom stereocenters. The van der Waals surface area contributed by atoms with Crippen LogP contribution in [0.5, 0.6) is 0 Å². The van der Waals surface area contributed by atoms with Crippen LogP contribution in [0.25, 0.3) is 29.0 Å². The SMILES string of the molecule is N#Cc1ccccc1-c1cc(/C=C/c2ccccn2)cn(-c2ccccc2)c1=O. The summed E-state index contributed by atoms with van der Waals surface area (Å²) in [7, 11) is 0. The van der Waals surface area contributed by atoms with Gasteiger partial charge in [0.05, 0.1) is 17.3 Å². The first-order chi connectivity index (χ1) is 14.3. The van der Waals surface area contributed by atoms with Crippen LogP contribution >= 0.6 is 0 Å². The van der Waals surface area contributed by atoms with E-state index in [1.54, 1.807) is 35.2 Å². The van der Waals surface area contributed by atoms with Gasteiger partial charge in [0.1, 0.15) is 0 Å². The van der Waals surface area contributed by atoms with Crippen molar-refractivity contribution in [1.82, 2.24) is 9.55 Å². The van der Waals surface area contributed by atoms with E-state index in [2.05, 4.69) is 11.1 Å². The van der Waals surface area contributed by atoms with E-state index in [0.29, 0.717) is 16.7 Å². The summed E-state index contributed by atoms with van der Waals surface area (Å²) in [5, 5.41) is 9.50. The van der Waals surface area contributed by atoms with E-state index >= 15 is 0 Å². The minimum Gasteiger partial charge on any atom is -0.283 e. The number of benzene rings is 2. The van der Waals surface area contributed by atoms with Crippen LogP contribution in [0.3, 0.4) is 0 Å². The van der Waals surface area contributed by atoms with Crippen molar-refractivity contribution in [3.05, 3.63) is 118 Å². The lowest BCUT2D eigenvalue weighted by molar-refractivity contribution is 0.990. The maximum atomic E-state index is 13.3. The van der Waals surface area contributed by atoms with E-state index in [1.807, 2.05) is 72.8 Å². The zero-order valence-corrected chi connectivity index (χ0v) is 15.6. The Bertz CT molecular complexity index is 1270. The van der Waals surface area contributed by atoms with Gasteiger partial charge in [0, 0.05) is 29.2 Å². The third-order valence-electron chi connectivity index (χ3n) is 4.54. The minimum atomic E-state index is -0.172. The van der Waals surface area contributed by atoms with Crippen molar-refractivity contribution in [1.29, 1.82) is 5.26 Å². The largest absolute Gasteiger partial charge is 0.283 e. The molecule has 0 fully saturated rings. The van der Waals surface area contributed by atoms with Crippen molar-refractivity contribution in [2.75, 3.05) is 0 Å². The zero-order chi connectivity index (χ0) is 20.1. The van der Waals surface area contributed by atoms with E-state index in [4.69, 9.17) is 0 Å². The second-order valence-electron chi connectivity index (χ2n) is 6.44. The Morgan fingerprint density at radius 3 is 2.38 bits per heavy atom. The van der Waals surface area contributed by atoms with Gasteiger partial charge >= 0.3 is 0 Å². The summed E-state index contributed by atoms with van der Waals surface area (Å²) in [5.41, 5.74) is 3.82. The highest BCUT2D eigenvalue weighted by atomic mass is 16.1. The molecule has 4 nitrogen and oxygen atoms in total. The second kappa shape index (κ2) is 8.20. The number of hydrogen-bond donors (Lipinski definition) is 0. The van der Waals surface area contributed by atoms with Crippen molar-refractivity contribution in [3.8, 4) is 22.9 Å². The summed E-state index contributed by atoms with van der Waals surface area (Å²) in [4.78, 5) is 17.6. The van der Waals surface area contributed by atoms with Crippen LogP contribution in [0.1, 0.15) is 16.8 Å². The maximum absolute atomic E-state index is 13.3. The van der Waals surface area contributed by atoms with Crippen LogP contribution in [0.2, 0.25) is 0 Å². The van der Waals surface area contributed by atoms with E-state index in [1.165, 1.54) is 0 Å². The topological polar surface area (TPSA) is 58.7 Å². The van der Waals surface area contributed by atoms with Gasteiger partial charge in [-0.15, -0.1) is 0 Å². The molecule has 4 aromatic rings. The molecule has 2 aromatic heterocycles.